The zero-order valence-electron chi connectivity index (χ0n) is 9.02. The quantitative estimate of drug-likeness (QED) is 0.474. The van der Waals surface area contributed by atoms with Crippen LogP contribution in [0.25, 0.3) is 21.9 Å². The summed E-state index contributed by atoms with van der Waals surface area (Å²) in [6.07, 6.45) is 1.55. The van der Waals surface area contributed by atoms with Gasteiger partial charge in [0.2, 0.25) is 0 Å². The molecule has 0 N–H and O–H groups in total. The first-order valence-corrected chi connectivity index (χ1v) is 5.11. The number of carbonyl (C=O) groups excluding carboxylic acids is 1. The molecule has 0 fully saturated rings. The first kappa shape index (κ1) is 9.84. The number of hydrogen-bond acceptors (Lipinski definition) is 4. The second-order valence-electron chi connectivity index (χ2n) is 3.84. The van der Waals surface area contributed by atoms with Crippen molar-refractivity contribution in [3.63, 3.8) is 0 Å². The van der Waals surface area contributed by atoms with Crippen LogP contribution < -0.4 is 5.63 Å². The lowest BCUT2D eigenvalue weighted by Crippen LogP contribution is -2.03. The van der Waals surface area contributed by atoms with Gasteiger partial charge in [0.05, 0.1) is 6.26 Å². The molecule has 0 aliphatic rings. The highest BCUT2D eigenvalue weighted by molar-refractivity contribution is 6.08. The number of rotatable bonds is 1. The van der Waals surface area contributed by atoms with E-state index in [0.717, 1.165) is 5.39 Å². The van der Waals surface area contributed by atoms with E-state index in [2.05, 4.69) is 0 Å². The van der Waals surface area contributed by atoms with Crippen LogP contribution in [0.15, 0.2) is 44.2 Å². The Labute approximate surface area is 95.4 Å². The lowest BCUT2D eigenvalue weighted by atomic mass is 10.1. The fourth-order valence-corrected chi connectivity index (χ4v) is 1.91. The van der Waals surface area contributed by atoms with Crippen molar-refractivity contribution in [2.75, 3.05) is 0 Å². The van der Waals surface area contributed by atoms with Crippen molar-refractivity contribution >= 4 is 27.7 Å². The number of benzene rings is 1. The fraction of sp³-hybridized carbons (Fsp3) is 0.0769. The number of ketones is 1. The minimum atomic E-state index is -0.534. The second kappa shape index (κ2) is 3.31. The van der Waals surface area contributed by atoms with E-state index >= 15 is 0 Å². The van der Waals surface area contributed by atoms with Crippen molar-refractivity contribution in [2.24, 2.45) is 0 Å². The Morgan fingerprint density at radius 2 is 2.00 bits per heavy atom. The lowest BCUT2D eigenvalue weighted by molar-refractivity contribution is 0.101. The maximum atomic E-state index is 11.5. The van der Waals surface area contributed by atoms with E-state index in [9.17, 15) is 9.59 Å². The minimum absolute atomic E-state index is 0.161. The summed E-state index contributed by atoms with van der Waals surface area (Å²) >= 11 is 0. The van der Waals surface area contributed by atoms with Gasteiger partial charge in [-0.3, -0.25) is 4.79 Å². The summed E-state index contributed by atoms with van der Waals surface area (Å²) in [5.74, 6) is -0.161. The van der Waals surface area contributed by atoms with Crippen LogP contribution in [0.2, 0.25) is 0 Å². The number of hydrogen-bond donors (Lipinski definition) is 0. The van der Waals surface area contributed by atoms with Gasteiger partial charge in [0.1, 0.15) is 11.2 Å². The molecule has 17 heavy (non-hydrogen) atoms. The molecule has 4 heteroatoms. The minimum Gasteiger partial charge on any atom is -0.464 e. The van der Waals surface area contributed by atoms with E-state index < -0.39 is 5.63 Å². The van der Waals surface area contributed by atoms with Gasteiger partial charge in [0, 0.05) is 28.5 Å². The van der Waals surface area contributed by atoms with E-state index in [-0.39, 0.29) is 5.78 Å². The highest BCUT2D eigenvalue weighted by atomic mass is 16.4. The van der Waals surface area contributed by atoms with Gasteiger partial charge in [-0.1, -0.05) is 0 Å². The Morgan fingerprint density at radius 1 is 1.18 bits per heavy atom. The maximum Gasteiger partial charge on any atom is 0.336 e. The molecule has 0 saturated heterocycles. The molecule has 0 unspecified atom stereocenters. The van der Waals surface area contributed by atoms with Crippen molar-refractivity contribution in [3.8, 4) is 0 Å². The summed E-state index contributed by atoms with van der Waals surface area (Å²) in [7, 11) is 0. The Hall–Kier alpha value is -2.36. The first-order valence-electron chi connectivity index (χ1n) is 5.11. The molecule has 0 spiro atoms. The lowest BCUT2D eigenvalue weighted by Gasteiger charge is -2.01. The van der Waals surface area contributed by atoms with E-state index in [0.29, 0.717) is 22.1 Å². The van der Waals surface area contributed by atoms with E-state index in [1.54, 1.807) is 24.5 Å². The highest BCUT2D eigenvalue weighted by Crippen LogP contribution is 2.25. The van der Waals surface area contributed by atoms with Gasteiger partial charge in [-0.2, -0.15) is 0 Å². The van der Waals surface area contributed by atoms with Gasteiger partial charge in [-0.05, 0) is 19.1 Å². The number of carbonyl (C=O) groups is 1. The van der Waals surface area contributed by atoms with Gasteiger partial charge in [-0.15, -0.1) is 0 Å². The van der Waals surface area contributed by atoms with Crippen LogP contribution in [0.5, 0.6) is 0 Å². The van der Waals surface area contributed by atoms with Crippen molar-refractivity contribution in [1.82, 2.24) is 0 Å². The zero-order valence-corrected chi connectivity index (χ0v) is 9.02. The molecule has 3 aromatic rings. The van der Waals surface area contributed by atoms with Gasteiger partial charge < -0.3 is 8.83 Å². The standard InChI is InChI=1S/C13H8O4/c1-7(14)9-5-13(15)17-12-6-11-8(2-3-16-11)4-10(9)12/h2-6H,1H3. The third-order valence-electron chi connectivity index (χ3n) is 2.70. The molecule has 0 saturated carbocycles. The summed E-state index contributed by atoms with van der Waals surface area (Å²) in [6, 6.07) is 6.42. The summed E-state index contributed by atoms with van der Waals surface area (Å²) in [5.41, 5.74) is 0.833. The largest absolute Gasteiger partial charge is 0.464 e. The molecule has 84 valence electrons. The van der Waals surface area contributed by atoms with Gasteiger partial charge >= 0.3 is 5.63 Å². The third-order valence-corrected chi connectivity index (χ3v) is 2.70. The number of fused-ring (bicyclic) bond motifs is 2. The molecule has 0 aliphatic carbocycles. The summed E-state index contributed by atoms with van der Waals surface area (Å²) < 4.78 is 10.3. The number of Topliss-reactive ketones (excluding diaryl/α,β-unsaturated/α-hetero) is 1. The molecule has 0 bridgehead atoms. The smallest absolute Gasteiger partial charge is 0.336 e. The molecule has 4 nitrogen and oxygen atoms in total. The fourth-order valence-electron chi connectivity index (χ4n) is 1.91. The average Bonchev–Trinajstić information content (AvgIpc) is 2.71. The van der Waals surface area contributed by atoms with Crippen molar-refractivity contribution in [2.45, 2.75) is 6.92 Å². The Bertz CT molecular complexity index is 792. The second-order valence-corrected chi connectivity index (χ2v) is 3.84. The predicted octanol–water partition coefficient (Wildman–Crippen LogP) is 2.74. The van der Waals surface area contributed by atoms with Crippen LogP contribution in [-0.4, -0.2) is 5.78 Å². The molecule has 2 aromatic heterocycles. The van der Waals surface area contributed by atoms with Gasteiger partial charge in [0.15, 0.2) is 5.78 Å². The summed E-state index contributed by atoms with van der Waals surface area (Å²) in [4.78, 5) is 22.8. The summed E-state index contributed by atoms with van der Waals surface area (Å²) in [6.45, 7) is 1.42. The molecule has 0 radical (unpaired) electrons. The van der Waals surface area contributed by atoms with Crippen LogP contribution in [0.3, 0.4) is 0 Å². The first-order chi connectivity index (χ1) is 8.15. The van der Waals surface area contributed by atoms with Crippen molar-refractivity contribution in [1.29, 1.82) is 0 Å². The maximum absolute atomic E-state index is 11.5. The van der Waals surface area contributed by atoms with Crippen LogP contribution >= 0.6 is 0 Å². The monoisotopic (exact) mass is 228 g/mol. The van der Waals surface area contributed by atoms with Crippen LogP contribution in [0.4, 0.5) is 0 Å². The molecular weight excluding hydrogens is 220 g/mol. The molecule has 0 amide bonds. The molecular formula is C13H8O4. The van der Waals surface area contributed by atoms with Crippen LogP contribution in [0.1, 0.15) is 17.3 Å². The van der Waals surface area contributed by atoms with E-state index in [1.807, 2.05) is 0 Å². The Morgan fingerprint density at radius 3 is 2.76 bits per heavy atom. The normalized spacial score (nSPS) is 11.1. The molecule has 3 rings (SSSR count). The zero-order chi connectivity index (χ0) is 12.0. The van der Waals surface area contributed by atoms with Gasteiger partial charge in [-0.25, -0.2) is 4.79 Å². The van der Waals surface area contributed by atoms with Crippen LogP contribution in [-0.2, 0) is 0 Å². The predicted molar refractivity (Wildman–Crippen MR) is 62.3 cm³/mol. The summed E-state index contributed by atoms with van der Waals surface area (Å²) in [5, 5.41) is 1.50. The molecule has 1 aromatic carbocycles. The molecule has 0 aliphatic heterocycles. The number of furan rings is 1. The Balaban J connectivity index is 2.55. The SMILES string of the molecule is CC(=O)c1cc(=O)oc2cc3occc3cc12. The van der Waals surface area contributed by atoms with Crippen molar-refractivity contribution < 1.29 is 13.6 Å². The molecule has 2 heterocycles. The van der Waals surface area contributed by atoms with E-state index in [1.165, 1.54) is 13.0 Å². The average molecular weight is 228 g/mol. The van der Waals surface area contributed by atoms with Gasteiger partial charge in [0.25, 0.3) is 0 Å². The molecule has 0 atom stereocenters. The highest BCUT2D eigenvalue weighted by Gasteiger charge is 2.11. The van der Waals surface area contributed by atoms with E-state index in [4.69, 9.17) is 8.83 Å². The Kier molecular flexibility index (Phi) is 1.92. The van der Waals surface area contributed by atoms with Crippen molar-refractivity contribution in [3.05, 3.63) is 46.5 Å². The van der Waals surface area contributed by atoms with Crippen LogP contribution in [0, 0.1) is 0 Å². The topological polar surface area (TPSA) is 60.4 Å². The third kappa shape index (κ3) is 1.45.